The van der Waals surface area contributed by atoms with Gasteiger partial charge in [0.15, 0.2) is 0 Å². The van der Waals surface area contributed by atoms with E-state index < -0.39 is 0 Å². The van der Waals surface area contributed by atoms with Gasteiger partial charge in [-0.05, 0) is 32.9 Å². The monoisotopic (exact) mass is 342 g/mol. The van der Waals surface area contributed by atoms with Gasteiger partial charge in [0.1, 0.15) is 5.82 Å². The van der Waals surface area contributed by atoms with Gasteiger partial charge in [-0.1, -0.05) is 12.1 Å². The third-order valence-electron chi connectivity index (χ3n) is 4.36. The van der Waals surface area contributed by atoms with Crippen molar-refractivity contribution in [3.8, 4) is 0 Å². The number of benzene rings is 1. The first kappa shape index (κ1) is 18.4. The Kier molecular flexibility index (Phi) is 5.06. The zero-order chi connectivity index (χ0) is 18.9. The van der Waals surface area contributed by atoms with E-state index in [0.29, 0.717) is 10.9 Å². The summed E-state index contributed by atoms with van der Waals surface area (Å²) in [4.78, 5) is 38.7. The molecule has 2 heterocycles. The second kappa shape index (κ2) is 6.88. The molecule has 0 aliphatic rings. The summed E-state index contributed by atoms with van der Waals surface area (Å²) < 4.78 is 4.14. The molecule has 3 aromatic rings. The van der Waals surface area contributed by atoms with Crippen LogP contribution in [0.4, 0.5) is 0 Å². The molecule has 2 aromatic heterocycles. The highest BCUT2D eigenvalue weighted by Crippen LogP contribution is 2.04. The van der Waals surface area contributed by atoms with E-state index in [-0.39, 0.29) is 16.8 Å². The summed E-state index contributed by atoms with van der Waals surface area (Å²) in [6, 6.07) is 7.07. The predicted octanol–water partition coefficient (Wildman–Crippen LogP) is 0.943. The van der Waals surface area contributed by atoms with Crippen molar-refractivity contribution in [3.63, 3.8) is 0 Å². The van der Waals surface area contributed by atoms with Crippen molar-refractivity contribution < 1.29 is 0 Å². The first-order valence-corrected chi connectivity index (χ1v) is 7.82. The minimum Gasteiger partial charge on any atom is -0.300 e. The molecule has 0 saturated carbocycles. The number of rotatable bonds is 0. The number of para-hydroxylation sites is 1. The third-order valence-corrected chi connectivity index (χ3v) is 4.36. The van der Waals surface area contributed by atoms with Crippen LogP contribution in [-0.2, 0) is 21.1 Å². The lowest BCUT2D eigenvalue weighted by molar-refractivity contribution is 0.713. The Morgan fingerprint density at radius 1 is 0.800 bits per heavy atom. The van der Waals surface area contributed by atoms with Crippen molar-refractivity contribution in [1.82, 2.24) is 18.7 Å². The summed E-state index contributed by atoms with van der Waals surface area (Å²) in [5.74, 6) is 0.762. The van der Waals surface area contributed by atoms with Crippen molar-refractivity contribution in [2.24, 2.45) is 21.1 Å². The molecule has 0 bridgehead atoms. The van der Waals surface area contributed by atoms with Crippen LogP contribution in [0.1, 0.15) is 17.1 Å². The fourth-order valence-corrected chi connectivity index (χ4v) is 2.50. The van der Waals surface area contributed by atoms with Crippen LogP contribution in [0.15, 0.2) is 38.6 Å². The molecule has 3 rings (SSSR count). The molecule has 0 fully saturated rings. The van der Waals surface area contributed by atoms with E-state index in [4.69, 9.17) is 0 Å². The maximum Gasteiger partial charge on any atom is 0.330 e. The van der Waals surface area contributed by atoms with E-state index in [1.807, 2.05) is 13.8 Å². The lowest BCUT2D eigenvalue weighted by Crippen LogP contribution is -2.36. The largest absolute Gasteiger partial charge is 0.330 e. The van der Waals surface area contributed by atoms with E-state index in [1.54, 1.807) is 49.9 Å². The molecule has 132 valence electrons. The van der Waals surface area contributed by atoms with Gasteiger partial charge in [-0.25, -0.2) is 9.78 Å². The quantitative estimate of drug-likeness (QED) is 0.609. The van der Waals surface area contributed by atoms with Gasteiger partial charge >= 0.3 is 5.69 Å². The van der Waals surface area contributed by atoms with Gasteiger partial charge in [0.2, 0.25) is 0 Å². The number of aromatic nitrogens is 4. The normalized spacial score (nSPS) is 10.5. The van der Waals surface area contributed by atoms with Crippen LogP contribution in [0.25, 0.3) is 10.9 Å². The van der Waals surface area contributed by atoms with Crippen LogP contribution in [0.5, 0.6) is 0 Å². The Morgan fingerprint density at radius 2 is 1.40 bits per heavy atom. The van der Waals surface area contributed by atoms with Crippen LogP contribution in [0.3, 0.4) is 0 Å². The fourth-order valence-electron chi connectivity index (χ4n) is 2.50. The lowest BCUT2D eigenvalue weighted by Gasteiger charge is -2.05. The molecular weight excluding hydrogens is 320 g/mol. The molecule has 0 atom stereocenters. The zero-order valence-electron chi connectivity index (χ0n) is 15.3. The van der Waals surface area contributed by atoms with Gasteiger partial charge < -0.3 is 0 Å². The van der Waals surface area contributed by atoms with Gasteiger partial charge in [0.25, 0.3) is 11.1 Å². The van der Waals surface area contributed by atoms with E-state index in [1.165, 1.54) is 11.6 Å². The van der Waals surface area contributed by atoms with Gasteiger partial charge in [0, 0.05) is 32.4 Å². The predicted molar refractivity (Wildman–Crippen MR) is 98.1 cm³/mol. The standard InChI is InChI=1S/C10H10N2O2.C8H12N2O/c1-11-8-6-4-3-5-7(8)9(13)12(2)10(11)14;1-5-6(2)9-7(3)10(4)8(5)11/h3-6H,1-2H3;1-4H3. The summed E-state index contributed by atoms with van der Waals surface area (Å²) in [7, 11) is 4.87. The minimum absolute atomic E-state index is 0.0509. The second-order valence-electron chi connectivity index (χ2n) is 5.96. The molecule has 0 radical (unpaired) electrons. The number of hydrogen-bond donors (Lipinski definition) is 0. The van der Waals surface area contributed by atoms with Crippen molar-refractivity contribution in [1.29, 1.82) is 0 Å². The fraction of sp³-hybridized carbons (Fsp3) is 0.333. The second-order valence-corrected chi connectivity index (χ2v) is 5.96. The van der Waals surface area contributed by atoms with Crippen LogP contribution >= 0.6 is 0 Å². The summed E-state index contributed by atoms with van der Waals surface area (Å²) in [5, 5.41) is 0.567. The topological polar surface area (TPSA) is 78.9 Å². The molecule has 0 amide bonds. The molecule has 0 N–H and O–H groups in total. The van der Waals surface area contributed by atoms with Crippen molar-refractivity contribution in [2.75, 3.05) is 0 Å². The SMILES string of the molecule is Cc1nc(C)n(C)c(=O)c1C.Cn1c(=O)c2ccccc2n(C)c1=O. The zero-order valence-corrected chi connectivity index (χ0v) is 15.3. The Hall–Kier alpha value is -2.96. The highest BCUT2D eigenvalue weighted by atomic mass is 16.2. The highest BCUT2D eigenvalue weighted by molar-refractivity contribution is 5.77. The van der Waals surface area contributed by atoms with E-state index in [0.717, 1.165) is 21.6 Å². The average Bonchev–Trinajstić information content (AvgIpc) is 2.62. The van der Waals surface area contributed by atoms with E-state index >= 15 is 0 Å². The van der Waals surface area contributed by atoms with Crippen LogP contribution in [0.2, 0.25) is 0 Å². The molecule has 0 saturated heterocycles. The maximum atomic E-state index is 11.7. The molecule has 0 unspecified atom stereocenters. The molecule has 7 heteroatoms. The van der Waals surface area contributed by atoms with Crippen molar-refractivity contribution >= 4 is 10.9 Å². The number of aryl methyl sites for hydroxylation is 3. The molecular formula is C18H22N4O3. The third kappa shape index (κ3) is 3.31. The minimum atomic E-state index is -0.297. The van der Waals surface area contributed by atoms with Gasteiger partial charge in [-0.15, -0.1) is 0 Å². The first-order valence-electron chi connectivity index (χ1n) is 7.82. The summed E-state index contributed by atoms with van der Waals surface area (Å²) >= 11 is 0. The molecule has 25 heavy (non-hydrogen) atoms. The molecule has 0 aliphatic carbocycles. The van der Waals surface area contributed by atoms with E-state index in [2.05, 4.69) is 4.98 Å². The van der Waals surface area contributed by atoms with Gasteiger partial charge in [0.05, 0.1) is 10.9 Å². The maximum absolute atomic E-state index is 11.7. The smallest absolute Gasteiger partial charge is 0.300 e. The number of fused-ring (bicyclic) bond motifs is 1. The summed E-state index contributed by atoms with van der Waals surface area (Å²) in [6.07, 6.45) is 0. The highest BCUT2D eigenvalue weighted by Gasteiger charge is 2.06. The molecule has 1 aromatic carbocycles. The van der Waals surface area contributed by atoms with Gasteiger partial charge in [-0.2, -0.15) is 0 Å². The molecule has 7 nitrogen and oxygen atoms in total. The number of hydrogen-bond acceptors (Lipinski definition) is 4. The van der Waals surface area contributed by atoms with Crippen molar-refractivity contribution in [2.45, 2.75) is 20.8 Å². The first-order chi connectivity index (χ1) is 11.7. The van der Waals surface area contributed by atoms with Crippen molar-refractivity contribution in [3.05, 3.63) is 72.5 Å². The van der Waals surface area contributed by atoms with Crippen LogP contribution in [0, 0.1) is 20.8 Å². The molecule has 0 spiro atoms. The summed E-state index contributed by atoms with van der Waals surface area (Å²) in [5.41, 5.74) is 1.73. The van der Waals surface area contributed by atoms with Gasteiger partial charge in [-0.3, -0.25) is 23.3 Å². The Balaban J connectivity index is 0.000000186. The Bertz CT molecular complexity index is 1090. The Morgan fingerprint density at radius 3 is 2.04 bits per heavy atom. The lowest BCUT2D eigenvalue weighted by atomic mass is 10.2. The van der Waals surface area contributed by atoms with Crippen LogP contribution in [-0.4, -0.2) is 18.7 Å². The average molecular weight is 342 g/mol. The molecule has 0 aliphatic heterocycles. The number of nitrogens with zero attached hydrogens (tertiary/aromatic N) is 4. The summed E-state index contributed by atoms with van der Waals surface area (Å²) in [6.45, 7) is 5.47. The van der Waals surface area contributed by atoms with E-state index in [9.17, 15) is 14.4 Å². The van der Waals surface area contributed by atoms with Crippen LogP contribution < -0.4 is 16.8 Å². The Labute approximate surface area is 144 Å².